The van der Waals surface area contributed by atoms with Crippen LogP contribution in [0.1, 0.15) is 27.3 Å². The molecule has 3 aromatic rings. The van der Waals surface area contributed by atoms with Crippen LogP contribution >= 0.6 is 11.6 Å². The van der Waals surface area contributed by atoms with Crippen LogP contribution in [0.3, 0.4) is 0 Å². The molecule has 0 spiro atoms. The molecule has 0 aliphatic rings. The Bertz CT molecular complexity index is 1020. The molecule has 1 N–H and O–H groups in total. The summed E-state index contributed by atoms with van der Waals surface area (Å²) in [7, 11) is 0. The molecule has 3 rings (SSSR count). The molecule has 0 fully saturated rings. The molecule has 0 aliphatic heterocycles. The van der Waals surface area contributed by atoms with Crippen LogP contribution < -0.4 is 5.56 Å². The summed E-state index contributed by atoms with van der Waals surface area (Å²) in [5.41, 5.74) is 2.39. The number of fused-ring (bicyclic) bond motifs is 1. The molecule has 5 nitrogen and oxygen atoms in total. The zero-order chi connectivity index (χ0) is 17.3. The number of aromatic carboxylic acids is 1. The lowest BCUT2D eigenvalue weighted by molar-refractivity contribution is 0.0697. The van der Waals surface area contributed by atoms with Crippen molar-refractivity contribution in [3.63, 3.8) is 0 Å². The van der Waals surface area contributed by atoms with E-state index in [1.165, 1.54) is 22.6 Å². The Morgan fingerprint density at radius 1 is 1.21 bits per heavy atom. The smallest absolute Gasteiger partial charge is 0.335 e. The third-order valence-corrected chi connectivity index (χ3v) is 3.88. The second-order valence-electron chi connectivity index (χ2n) is 5.26. The van der Waals surface area contributed by atoms with Crippen LogP contribution in [0.15, 0.2) is 53.3 Å². The van der Waals surface area contributed by atoms with Crippen LogP contribution in [0.4, 0.5) is 0 Å². The van der Waals surface area contributed by atoms with Gasteiger partial charge in [0, 0.05) is 11.8 Å². The van der Waals surface area contributed by atoms with Crippen molar-refractivity contribution in [2.45, 2.75) is 6.92 Å². The minimum Gasteiger partial charge on any atom is -0.478 e. The van der Waals surface area contributed by atoms with E-state index in [9.17, 15) is 9.59 Å². The fourth-order valence-corrected chi connectivity index (χ4v) is 2.60. The summed E-state index contributed by atoms with van der Waals surface area (Å²) in [4.78, 5) is 27.5. The summed E-state index contributed by atoms with van der Waals surface area (Å²) < 4.78 is 1.51. The van der Waals surface area contributed by atoms with Gasteiger partial charge >= 0.3 is 5.97 Å². The molecular weight excluding hydrogens is 328 g/mol. The van der Waals surface area contributed by atoms with E-state index < -0.39 is 5.97 Å². The average molecular weight is 341 g/mol. The summed E-state index contributed by atoms with van der Waals surface area (Å²) in [6, 6.07) is 13.0. The molecule has 0 saturated heterocycles. The zero-order valence-corrected chi connectivity index (χ0v) is 13.5. The quantitative estimate of drug-likeness (QED) is 0.792. The first-order chi connectivity index (χ1) is 11.5. The van der Waals surface area contributed by atoms with Gasteiger partial charge in [0.05, 0.1) is 16.3 Å². The van der Waals surface area contributed by atoms with E-state index in [0.29, 0.717) is 16.4 Å². The van der Waals surface area contributed by atoms with Crippen molar-refractivity contribution >= 4 is 34.3 Å². The van der Waals surface area contributed by atoms with Crippen LogP contribution in [-0.2, 0) is 0 Å². The molecule has 2 heterocycles. The summed E-state index contributed by atoms with van der Waals surface area (Å²) >= 11 is 6.29. The van der Waals surface area contributed by atoms with E-state index in [-0.39, 0.29) is 11.1 Å². The molecule has 24 heavy (non-hydrogen) atoms. The fourth-order valence-electron chi connectivity index (χ4n) is 2.38. The van der Waals surface area contributed by atoms with Crippen molar-refractivity contribution in [1.29, 1.82) is 0 Å². The molecule has 2 aromatic heterocycles. The summed E-state index contributed by atoms with van der Waals surface area (Å²) in [5, 5.41) is 9.21. The maximum absolute atomic E-state index is 12.3. The van der Waals surface area contributed by atoms with Gasteiger partial charge in [-0.3, -0.25) is 9.20 Å². The third-order valence-electron chi connectivity index (χ3n) is 3.58. The highest BCUT2D eigenvalue weighted by Gasteiger charge is 2.07. The molecule has 0 aliphatic carbocycles. The van der Waals surface area contributed by atoms with Crippen LogP contribution in [0.5, 0.6) is 0 Å². The summed E-state index contributed by atoms with van der Waals surface area (Å²) in [6.45, 7) is 1.83. The maximum atomic E-state index is 12.3. The standard InChI is InChI=1S/C18H13ClN2O3/c1-11-3-2-4-16-20-15(10-17(22)21(11)16)14(19)9-12-5-7-13(8-6-12)18(23)24/h2-10H,1H3,(H,23,24)/b14-9-. The molecule has 0 bridgehead atoms. The van der Waals surface area contributed by atoms with Crippen molar-refractivity contribution in [3.8, 4) is 0 Å². The Morgan fingerprint density at radius 2 is 1.92 bits per heavy atom. The van der Waals surface area contributed by atoms with Gasteiger partial charge in [-0.1, -0.05) is 29.8 Å². The van der Waals surface area contributed by atoms with Crippen LogP contribution in [0.25, 0.3) is 16.8 Å². The first kappa shape index (κ1) is 16.0. The molecule has 0 amide bonds. The van der Waals surface area contributed by atoms with Gasteiger partial charge < -0.3 is 5.11 Å². The number of nitrogens with zero attached hydrogens (tertiary/aromatic N) is 2. The number of carbonyl (C=O) groups is 1. The van der Waals surface area contributed by atoms with E-state index in [2.05, 4.69) is 4.98 Å². The molecule has 120 valence electrons. The maximum Gasteiger partial charge on any atom is 0.335 e. The van der Waals surface area contributed by atoms with E-state index in [0.717, 1.165) is 11.3 Å². The van der Waals surface area contributed by atoms with Crippen molar-refractivity contribution in [2.75, 3.05) is 0 Å². The Morgan fingerprint density at radius 3 is 2.58 bits per heavy atom. The number of hydrogen-bond donors (Lipinski definition) is 1. The SMILES string of the molecule is Cc1cccc2nc(/C(Cl)=C/c3ccc(C(=O)O)cc3)cc(=O)n12. The lowest BCUT2D eigenvalue weighted by Gasteiger charge is -2.06. The van der Waals surface area contributed by atoms with Gasteiger partial charge in [0.15, 0.2) is 0 Å². The molecule has 0 unspecified atom stereocenters. The predicted molar refractivity (Wildman–Crippen MR) is 93.3 cm³/mol. The molecule has 0 radical (unpaired) electrons. The van der Waals surface area contributed by atoms with Crippen molar-refractivity contribution in [3.05, 3.63) is 81.4 Å². The van der Waals surface area contributed by atoms with Gasteiger partial charge in [-0.2, -0.15) is 0 Å². The van der Waals surface area contributed by atoms with Crippen molar-refractivity contribution in [2.24, 2.45) is 0 Å². The van der Waals surface area contributed by atoms with Gasteiger partial charge in [-0.05, 0) is 42.8 Å². The molecule has 0 atom stereocenters. The van der Waals surface area contributed by atoms with Gasteiger partial charge in [0.2, 0.25) is 0 Å². The van der Waals surface area contributed by atoms with E-state index in [1.54, 1.807) is 24.3 Å². The number of carboxylic acids is 1. The lowest BCUT2D eigenvalue weighted by atomic mass is 10.1. The number of hydrogen-bond acceptors (Lipinski definition) is 3. The second-order valence-corrected chi connectivity index (χ2v) is 5.67. The molecular formula is C18H13ClN2O3. The van der Waals surface area contributed by atoms with Gasteiger partial charge in [-0.25, -0.2) is 9.78 Å². The normalized spacial score (nSPS) is 11.7. The number of carboxylic acid groups (broad SMARTS) is 1. The summed E-state index contributed by atoms with van der Waals surface area (Å²) in [5.74, 6) is -0.990. The number of aryl methyl sites for hydroxylation is 1. The van der Waals surface area contributed by atoms with Gasteiger partial charge in [-0.15, -0.1) is 0 Å². The predicted octanol–water partition coefficient (Wildman–Crippen LogP) is 3.44. The highest BCUT2D eigenvalue weighted by molar-refractivity contribution is 6.51. The Kier molecular flexibility index (Phi) is 4.18. The molecule has 6 heteroatoms. The minimum atomic E-state index is -0.990. The summed E-state index contributed by atoms with van der Waals surface area (Å²) in [6.07, 6.45) is 1.64. The van der Waals surface area contributed by atoms with E-state index in [1.807, 2.05) is 19.1 Å². The largest absolute Gasteiger partial charge is 0.478 e. The Balaban J connectivity index is 2.03. The first-order valence-corrected chi connectivity index (χ1v) is 7.54. The highest BCUT2D eigenvalue weighted by Crippen LogP contribution is 2.20. The topological polar surface area (TPSA) is 71.7 Å². The van der Waals surface area contributed by atoms with Gasteiger partial charge in [0.25, 0.3) is 5.56 Å². The highest BCUT2D eigenvalue weighted by atomic mass is 35.5. The van der Waals surface area contributed by atoms with Crippen molar-refractivity contribution < 1.29 is 9.90 Å². The number of benzene rings is 1. The van der Waals surface area contributed by atoms with E-state index >= 15 is 0 Å². The zero-order valence-electron chi connectivity index (χ0n) is 12.7. The Labute approximate surface area is 142 Å². The average Bonchev–Trinajstić information content (AvgIpc) is 2.55. The van der Waals surface area contributed by atoms with Crippen LogP contribution in [0.2, 0.25) is 0 Å². The van der Waals surface area contributed by atoms with E-state index in [4.69, 9.17) is 16.7 Å². The first-order valence-electron chi connectivity index (χ1n) is 7.16. The number of rotatable bonds is 3. The number of aromatic nitrogens is 2. The molecule has 1 aromatic carbocycles. The monoisotopic (exact) mass is 340 g/mol. The molecule has 0 saturated carbocycles. The third kappa shape index (κ3) is 3.07. The van der Waals surface area contributed by atoms with Crippen LogP contribution in [-0.4, -0.2) is 20.5 Å². The second kappa shape index (κ2) is 6.29. The van der Waals surface area contributed by atoms with Gasteiger partial charge in [0.1, 0.15) is 5.65 Å². The lowest BCUT2D eigenvalue weighted by Crippen LogP contribution is -2.16. The number of pyridine rings is 1. The fraction of sp³-hybridized carbons (Fsp3) is 0.0556. The van der Waals surface area contributed by atoms with Crippen molar-refractivity contribution in [1.82, 2.24) is 9.38 Å². The Hall–Kier alpha value is -2.92. The number of halogens is 1. The minimum absolute atomic E-state index is 0.195. The van der Waals surface area contributed by atoms with Crippen LogP contribution in [0, 0.1) is 6.92 Å².